The van der Waals surface area contributed by atoms with Crippen molar-refractivity contribution in [2.75, 3.05) is 78.5 Å². The SMILES string of the molecule is CCN(CC)CC.CCN(CC)CC.CCN(CC)CC.CCN(CC)CC.[Hf]. The first-order valence-electron chi connectivity index (χ1n) is 12.3. The summed E-state index contributed by atoms with van der Waals surface area (Å²) in [5.74, 6) is 0. The Bertz CT molecular complexity index is 157. The van der Waals surface area contributed by atoms with Gasteiger partial charge >= 0.3 is 0 Å². The van der Waals surface area contributed by atoms with Crippen molar-refractivity contribution in [2.45, 2.75) is 83.1 Å². The van der Waals surface area contributed by atoms with Crippen LogP contribution < -0.4 is 0 Å². The zero-order valence-corrected chi connectivity index (χ0v) is 26.4. The fourth-order valence-electron chi connectivity index (χ4n) is 2.68. The van der Waals surface area contributed by atoms with E-state index < -0.39 is 0 Å². The second kappa shape index (κ2) is 36.1. The fourth-order valence-corrected chi connectivity index (χ4v) is 2.68. The minimum absolute atomic E-state index is 0. The van der Waals surface area contributed by atoms with E-state index in [2.05, 4.69) is 103 Å². The van der Waals surface area contributed by atoms with Crippen molar-refractivity contribution in [1.82, 2.24) is 19.6 Å². The molecule has 0 aromatic carbocycles. The molecule has 5 heteroatoms. The Labute approximate surface area is 206 Å². The number of nitrogens with zero attached hydrogens (tertiary/aromatic N) is 4. The third-order valence-corrected chi connectivity index (χ3v) is 5.37. The zero-order valence-electron chi connectivity index (χ0n) is 22.8. The molecule has 0 saturated heterocycles. The Hall–Kier alpha value is 0.710. The molecule has 0 heterocycles. The summed E-state index contributed by atoms with van der Waals surface area (Å²) < 4.78 is 0. The van der Waals surface area contributed by atoms with Gasteiger partial charge < -0.3 is 19.6 Å². The van der Waals surface area contributed by atoms with Crippen LogP contribution in [0.2, 0.25) is 0 Å². The predicted molar refractivity (Wildman–Crippen MR) is 134 cm³/mol. The van der Waals surface area contributed by atoms with Gasteiger partial charge in [0, 0.05) is 25.8 Å². The molecule has 0 aliphatic rings. The topological polar surface area (TPSA) is 13.0 Å². The number of rotatable bonds is 12. The molecular weight excluding hydrogens is 523 g/mol. The van der Waals surface area contributed by atoms with Crippen molar-refractivity contribution in [3.63, 3.8) is 0 Å². The van der Waals surface area contributed by atoms with Gasteiger partial charge in [-0.25, -0.2) is 0 Å². The molecule has 0 saturated carbocycles. The van der Waals surface area contributed by atoms with Gasteiger partial charge in [0.05, 0.1) is 0 Å². The molecule has 0 spiro atoms. The average Bonchev–Trinajstić information content (AvgIpc) is 2.75. The molecule has 0 N–H and O–H groups in total. The van der Waals surface area contributed by atoms with Crippen molar-refractivity contribution in [3.8, 4) is 0 Å². The Morgan fingerprint density at radius 3 is 0.310 bits per heavy atom. The van der Waals surface area contributed by atoms with Gasteiger partial charge in [-0.2, -0.15) is 0 Å². The van der Waals surface area contributed by atoms with Crippen LogP contribution in [0, 0.1) is 0 Å². The van der Waals surface area contributed by atoms with Crippen LogP contribution in [-0.2, 0) is 25.8 Å². The first-order chi connectivity index (χ1) is 13.4. The minimum atomic E-state index is 0. The van der Waals surface area contributed by atoms with E-state index >= 15 is 0 Å². The summed E-state index contributed by atoms with van der Waals surface area (Å²) in [7, 11) is 0. The van der Waals surface area contributed by atoms with Crippen LogP contribution in [0.4, 0.5) is 0 Å². The molecule has 180 valence electrons. The molecule has 0 aromatic rings. The van der Waals surface area contributed by atoms with Crippen LogP contribution in [0.1, 0.15) is 83.1 Å². The van der Waals surface area contributed by atoms with E-state index in [1.165, 1.54) is 78.5 Å². The molecule has 0 rings (SSSR count). The van der Waals surface area contributed by atoms with Crippen molar-refractivity contribution in [3.05, 3.63) is 0 Å². The van der Waals surface area contributed by atoms with E-state index in [9.17, 15) is 0 Å². The average molecular weight is 583 g/mol. The summed E-state index contributed by atoms with van der Waals surface area (Å²) in [4.78, 5) is 9.50. The van der Waals surface area contributed by atoms with Gasteiger partial charge in [-0.1, -0.05) is 83.1 Å². The van der Waals surface area contributed by atoms with Crippen LogP contribution in [0.5, 0.6) is 0 Å². The predicted octanol–water partition coefficient (Wildman–Crippen LogP) is 5.39. The summed E-state index contributed by atoms with van der Waals surface area (Å²) >= 11 is 0. The molecule has 0 radical (unpaired) electrons. The molecule has 29 heavy (non-hydrogen) atoms. The van der Waals surface area contributed by atoms with Crippen LogP contribution >= 0.6 is 0 Å². The summed E-state index contributed by atoms with van der Waals surface area (Å²) in [6, 6.07) is 0. The second-order valence-corrected chi connectivity index (χ2v) is 6.48. The van der Waals surface area contributed by atoms with Gasteiger partial charge in [0.1, 0.15) is 0 Å². The Morgan fingerprint density at radius 1 is 0.241 bits per heavy atom. The molecule has 0 aliphatic heterocycles. The van der Waals surface area contributed by atoms with Crippen molar-refractivity contribution in [1.29, 1.82) is 0 Å². The zero-order chi connectivity index (χ0) is 22.8. The largest absolute Gasteiger partial charge is 0.304 e. The summed E-state index contributed by atoms with van der Waals surface area (Å²) in [5.41, 5.74) is 0. The van der Waals surface area contributed by atoms with Crippen molar-refractivity contribution in [2.24, 2.45) is 0 Å². The molecule has 0 atom stereocenters. The van der Waals surface area contributed by atoms with Crippen LogP contribution in [0.3, 0.4) is 0 Å². The van der Waals surface area contributed by atoms with E-state index in [1.54, 1.807) is 0 Å². The third kappa shape index (κ3) is 33.5. The normalized spacial score (nSPS) is 9.93. The minimum Gasteiger partial charge on any atom is -0.304 e. The smallest absolute Gasteiger partial charge is 0 e. The maximum atomic E-state index is 2.38. The Kier molecular flexibility index (Phi) is 49.9. The van der Waals surface area contributed by atoms with Gasteiger partial charge in [-0.3, -0.25) is 0 Å². The Balaban J connectivity index is -0.0000000873. The summed E-state index contributed by atoms with van der Waals surface area (Å²) in [6.45, 7) is 40.5. The standard InChI is InChI=1S/4C6H15N.Hf/c4*1-4-7(5-2)6-3;/h4*4-6H2,1-3H3;. The molecule has 0 bridgehead atoms. The van der Waals surface area contributed by atoms with Gasteiger partial charge in [-0.15, -0.1) is 0 Å². The molecule has 0 unspecified atom stereocenters. The molecule has 4 nitrogen and oxygen atoms in total. The fraction of sp³-hybridized carbons (Fsp3) is 1.00. The van der Waals surface area contributed by atoms with E-state index in [1.807, 2.05) is 0 Å². The number of hydrogen-bond acceptors (Lipinski definition) is 4. The molecule has 0 aromatic heterocycles. The quantitative estimate of drug-likeness (QED) is 0.286. The van der Waals surface area contributed by atoms with E-state index in [-0.39, 0.29) is 25.8 Å². The first-order valence-corrected chi connectivity index (χ1v) is 12.3. The van der Waals surface area contributed by atoms with Gasteiger partial charge in [-0.05, 0) is 78.5 Å². The summed E-state index contributed by atoms with van der Waals surface area (Å²) in [5, 5.41) is 0. The van der Waals surface area contributed by atoms with Crippen LogP contribution in [-0.4, -0.2) is 98.1 Å². The summed E-state index contributed by atoms with van der Waals surface area (Å²) in [6.07, 6.45) is 0. The van der Waals surface area contributed by atoms with Crippen molar-refractivity contribution < 1.29 is 25.8 Å². The monoisotopic (exact) mass is 584 g/mol. The van der Waals surface area contributed by atoms with Gasteiger partial charge in [0.2, 0.25) is 0 Å². The van der Waals surface area contributed by atoms with Crippen molar-refractivity contribution >= 4 is 0 Å². The number of hydrogen-bond donors (Lipinski definition) is 0. The van der Waals surface area contributed by atoms with Crippen LogP contribution in [0.25, 0.3) is 0 Å². The van der Waals surface area contributed by atoms with E-state index in [0.717, 1.165) is 0 Å². The maximum Gasteiger partial charge on any atom is 0 e. The third-order valence-electron chi connectivity index (χ3n) is 5.37. The molecule has 0 aliphatic carbocycles. The van der Waals surface area contributed by atoms with E-state index in [4.69, 9.17) is 0 Å². The second-order valence-electron chi connectivity index (χ2n) is 6.48. The van der Waals surface area contributed by atoms with Gasteiger partial charge in [0.25, 0.3) is 0 Å². The molecule has 0 amide bonds. The molecule has 0 fully saturated rings. The van der Waals surface area contributed by atoms with Gasteiger partial charge in [0.15, 0.2) is 0 Å². The van der Waals surface area contributed by atoms with Crippen LogP contribution in [0.15, 0.2) is 0 Å². The maximum absolute atomic E-state index is 2.38. The Morgan fingerprint density at radius 2 is 0.310 bits per heavy atom. The van der Waals surface area contributed by atoms with E-state index in [0.29, 0.717) is 0 Å². The molecular formula is C24H60HfN4. The first kappa shape index (κ1) is 40.1.